The topological polar surface area (TPSA) is 46.1 Å². The van der Waals surface area contributed by atoms with E-state index in [1.54, 1.807) is 7.11 Å². The van der Waals surface area contributed by atoms with Crippen LogP contribution < -0.4 is 5.32 Å². The Morgan fingerprint density at radius 3 is 2.62 bits per heavy atom. The van der Waals surface area contributed by atoms with Gasteiger partial charge >= 0.3 is 0 Å². The van der Waals surface area contributed by atoms with Crippen LogP contribution in [0.4, 0.5) is 0 Å². The monoisotopic (exact) mass is 411 g/mol. The van der Waals surface area contributed by atoms with Gasteiger partial charge in [-0.15, -0.1) is 24.0 Å². The number of hydrogen-bond acceptors (Lipinski definition) is 3. The van der Waals surface area contributed by atoms with Crippen molar-refractivity contribution in [2.75, 3.05) is 53.6 Å². The summed E-state index contributed by atoms with van der Waals surface area (Å²) in [4.78, 5) is 6.83. The Bertz CT molecular complexity index is 320. The van der Waals surface area contributed by atoms with E-state index < -0.39 is 0 Å². The molecule has 1 saturated heterocycles. The molecular formula is C15H30IN3O2. The summed E-state index contributed by atoms with van der Waals surface area (Å²) in [5.41, 5.74) is 0.590. The number of methoxy groups -OCH3 is 1. The van der Waals surface area contributed by atoms with Crippen LogP contribution in [-0.2, 0) is 9.47 Å². The molecule has 21 heavy (non-hydrogen) atoms. The second-order valence-corrected chi connectivity index (χ2v) is 5.96. The Morgan fingerprint density at radius 2 is 1.95 bits per heavy atom. The molecular weight excluding hydrogens is 381 g/mol. The lowest BCUT2D eigenvalue weighted by molar-refractivity contribution is 0.0731. The van der Waals surface area contributed by atoms with Crippen molar-refractivity contribution in [3.05, 3.63) is 0 Å². The Hall–Kier alpha value is -0.0800. The van der Waals surface area contributed by atoms with E-state index in [1.165, 1.54) is 38.6 Å². The highest BCUT2D eigenvalue weighted by Gasteiger charge is 2.40. The van der Waals surface area contributed by atoms with Crippen molar-refractivity contribution in [2.45, 2.75) is 32.1 Å². The van der Waals surface area contributed by atoms with E-state index in [-0.39, 0.29) is 24.0 Å². The van der Waals surface area contributed by atoms with Crippen molar-refractivity contribution < 1.29 is 9.47 Å². The summed E-state index contributed by atoms with van der Waals surface area (Å²) < 4.78 is 10.4. The van der Waals surface area contributed by atoms with Gasteiger partial charge in [0.15, 0.2) is 5.96 Å². The van der Waals surface area contributed by atoms with Crippen molar-refractivity contribution in [2.24, 2.45) is 10.4 Å². The maximum atomic E-state index is 5.46. The fourth-order valence-corrected chi connectivity index (χ4v) is 3.46. The molecule has 1 aliphatic heterocycles. The van der Waals surface area contributed by atoms with E-state index in [9.17, 15) is 0 Å². The highest BCUT2D eigenvalue weighted by molar-refractivity contribution is 14.0. The molecule has 0 atom stereocenters. The predicted octanol–water partition coefficient (Wildman–Crippen LogP) is 2.11. The summed E-state index contributed by atoms with van der Waals surface area (Å²) in [5, 5.41) is 3.40. The first-order valence-corrected chi connectivity index (χ1v) is 7.82. The third kappa shape index (κ3) is 5.56. The van der Waals surface area contributed by atoms with E-state index in [2.05, 4.69) is 15.2 Å². The van der Waals surface area contributed by atoms with Gasteiger partial charge in [-0.1, -0.05) is 12.8 Å². The van der Waals surface area contributed by atoms with Gasteiger partial charge in [0.05, 0.1) is 19.8 Å². The average molecular weight is 411 g/mol. The highest BCUT2D eigenvalue weighted by Crippen LogP contribution is 2.45. The fourth-order valence-electron chi connectivity index (χ4n) is 3.46. The molecule has 2 rings (SSSR count). The normalized spacial score (nSPS) is 20.9. The van der Waals surface area contributed by atoms with Gasteiger partial charge in [0, 0.05) is 33.8 Å². The van der Waals surface area contributed by atoms with Crippen LogP contribution in [-0.4, -0.2) is 64.5 Å². The van der Waals surface area contributed by atoms with Crippen LogP contribution in [0.15, 0.2) is 4.99 Å². The molecule has 2 aliphatic rings. The summed E-state index contributed by atoms with van der Waals surface area (Å²) in [7, 11) is 3.56. The molecule has 5 nitrogen and oxygen atoms in total. The number of hydrogen-bond donors (Lipinski definition) is 1. The molecule has 1 heterocycles. The molecule has 0 amide bonds. The van der Waals surface area contributed by atoms with Crippen molar-refractivity contribution >= 4 is 29.9 Å². The largest absolute Gasteiger partial charge is 0.382 e. The van der Waals surface area contributed by atoms with Crippen molar-refractivity contribution in [3.63, 3.8) is 0 Å². The lowest BCUT2D eigenvalue weighted by Crippen LogP contribution is -2.42. The molecule has 1 aliphatic carbocycles. The minimum atomic E-state index is 0. The molecule has 6 heteroatoms. The number of halogens is 1. The summed E-state index contributed by atoms with van der Waals surface area (Å²) in [5.74, 6) is 1.03. The number of aliphatic imine (C=N–C) groups is 1. The van der Waals surface area contributed by atoms with Gasteiger partial charge in [-0.2, -0.15) is 0 Å². The van der Waals surface area contributed by atoms with E-state index in [1.807, 2.05) is 7.05 Å². The van der Waals surface area contributed by atoms with E-state index in [0.717, 1.165) is 19.0 Å². The van der Waals surface area contributed by atoms with Gasteiger partial charge in [-0.05, 0) is 24.7 Å². The standard InChI is InChI=1S/C15H29N3O2.HI/c1-16-14(17-8-10-20-12-11-19-2)18-9-7-15(13-18)5-3-4-6-15;/h3-13H2,1-2H3,(H,16,17);1H. The van der Waals surface area contributed by atoms with Gasteiger partial charge in [0.1, 0.15) is 0 Å². The molecule has 0 aromatic carbocycles. The first-order chi connectivity index (χ1) is 9.79. The van der Waals surface area contributed by atoms with Crippen LogP contribution >= 0.6 is 24.0 Å². The zero-order valence-corrected chi connectivity index (χ0v) is 15.7. The zero-order valence-electron chi connectivity index (χ0n) is 13.4. The minimum Gasteiger partial charge on any atom is -0.382 e. The Balaban J connectivity index is 0.00000220. The summed E-state index contributed by atoms with van der Waals surface area (Å²) in [6, 6.07) is 0. The summed E-state index contributed by atoms with van der Waals surface area (Å²) in [6.07, 6.45) is 6.96. The van der Waals surface area contributed by atoms with Crippen LogP contribution in [0.5, 0.6) is 0 Å². The molecule has 124 valence electrons. The molecule has 2 fully saturated rings. The summed E-state index contributed by atoms with van der Waals surface area (Å²) >= 11 is 0. The Kier molecular flexibility index (Phi) is 8.89. The highest BCUT2D eigenvalue weighted by atomic mass is 127. The van der Waals surface area contributed by atoms with Gasteiger partial charge in [0.2, 0.25) is 0 Å². The smallest absolute Gasteiger partial charge is 0.193 e. The molecule has 0 radical (unpaired) electrons. The van der Waals surface area contributed by atoms with Gasteiger partial charge in [-0.3, -0.25) is 4.99 Å². The van der Waals surface area contributed by atoms with Crippen LogP contribution in [0.25, 0.3) is 0 Å². The molecule has 0 unspecified atom stereocenters. The first-order valence-electron chi connectivity index (χ1n) is 7.82. The maximum absolute atomic E-state index is 5.46. The number of rotatable bonds is 6. The van der Waals surface area contributed by atoms with Gasteiger partial charge in [-0.25, -0.2) is 0 Å². The molecule has 0 aromatic rings. The fraction of sp³-hybridized carbons (Fsp3) is 0.933. The number of nitrogens with one attached hydrogen (secondary N) is 1. The predicted molar refractivity (Wildman–Crippen MR) is 96.6 cm³/mol. The molecule has 1 N–H and O–H groups in total. The number of ether oxygens (including phenoxy) is 2. The number of likely N-dealkylation sites (tertiary alicyclic amines) is 1. The van der Waals surface area contributed by atoms with E-state index in [4.69, 9.17) is 9.47 Å². The van der Waals surface area contributed by atoms with Crippen LogP contribution in [0.1, 0.15) is 32.1 Å². The third-order valence-electron chi connectivity index (χ3n) is 4.58. The quantitative estimate of drug-likeness (QED) is 0.315. The van der Waals surface area contributed by atoms with Crippen molar-refractivity contribution in [1.82, 2.24) is 10.2 Å². The molecule has 1 spiro atoms. The van der Waals surface area contributed by atoms with E-state index >= 15 is 0 Å². The van der Waals surface area contributed by atoms with E-state index in [0.29, 0.717) is 25.2 Å². The average Bonchev–Trinajstić information content (AvgIpc) is 3.09. The Labute approximate surface area is 145 Å². The maximum Gasteiger partial charge on any atom is 0.193 e. The lowest BCUT2D eigenvalue weighted by atomic mass is 9.86. The summed E-state index contributed by atoms with van der Waals surface area (Å²) in [6.45, 7) is 5.13. The van der Waals surface area contributed by atoms with Gasteiger partial charge < -0.3 is 19.7 Å². The van der Waals surface area contributed by atoms with Crippen molar-refractivity contribution in [1.29, 1.82) is 0 Å². The zero-order chi connectivity index (χ0) is 14.3. The van der Waals surface area contributed by atoms with Crippen molar-refractivity contribution in [3.8, 4) is 0 Å². The minimum absolute atomic E-state index is 0. The third-order valence-corrected chi connectivity index (χ3v) is 4.58. The lowest BCUT2D eigenvalue weighted by Gasteiger charge is -2.25. The number of guanidine groups is 1. The first kappa shape index (κ1) is 19.0. The number of nitrogens with zero attached hydrogens (tertiary/aromatic N) is 2. The second kappa shape index (κ2) is 9.84. The molecule has 0 bridgehead atoms. The molecule has 0 aromatic heterocycles. The van der Waals surface area contributed by atoms with Gasteiger partial charge in [0.25, 0.3) is 0 Å². The molecule has 1 saturated carbocycles. The van der Waals surface area contributed by atoms with Crippen LogP contribution in [0, 0.1) is 5.41 Å². The Morgan fingerprint density at radius 1 is 1.19 bits per heavy atom. The van der Waals surface area contributed by atoms with Crippen LogP contribution in [0.2, 0.25) is 0 Å². The SMILES string of the molecule is CN=C(NCCOCCOC)N1CCC2(CCCC2)C1.I. The van der Waals surface area contributed by atoms with Crippen LogP contribution in [0.3, 0.4) is 0 Å². The second-order valence-electron chi connectivity index (χ2n) is 5.96.